The number of aromatic nitrogens is 1. The number of nitrogen functional groups attached to an aromatic ring is 1. The summed E-state index contributed by atoms with van der Waals surface area (Å²) >= 11 is 0. The SMILES string of the molecule is Cc1ccc(F)cc1-c1nc(N)ccc1[N+](=O)[O-]. The van der Waals surface area contributed by atoms with Gasteiger partial charge in [-0.05, 0) is 30.7 Å². The van der Waals surface area contributed by atoms with Gasteiger partial charge in [-0.1, -0.05) is 6.07 Å². The number of pyridine rings is 1. The quantitative estimate of drug-likeness (QED) is 0.653. The molecule has 0 spiro atoms. The maximum absolute atomic E-state index is 13.2. The number of rotatable bonds is 2. The molecule has 0 saturated carbocycles. The molecular formula is C12H10FN3O2. The van der Waals surface area contributed by atoms with Crippen LogP contribution >= 0.6 is 0 Å². The van der Waals surface area contributed by atoms with Crippen LogP contribution < -0.4 is 5.73 Å². The van der Waals surface area contributed by atoms with E-state index in [1.54, 1.807) is 13.0 Å². The molecule has 0 radical (unpaired) electrons. The number of benzene rings is 1. The van der Waals surface area contributed by atoms with Crippen molar-refractivity contribution in [3.05, 3.63) is 51.8 Å². The van der Waals surface area contributed by atoms with Gasteiger partial charge in [0.15, 0.2) is 5.69 Å². The summed E-state index contributed by atoms with van der Waals surface area (Å²) in [7, 11) is 0. The summed E-state index contributed by atoms with van der Waals surface area (Å²) in [5.41, 5.74) is 6.47. The third-order valence-corrected chi connectivity index (χ3v) is 2.55. The lowest BCUT2D eigenvalue weighted by Gasteiger charge is -2.06. The largest absolute Gasteiger partial charge is 0.384 e. The second-order valence-corrected chi connectivity index (χ2v) is 3.82. The Morgan fingerprint density at radius 3 is 2.72 bits per heavy atom. The van der Waals surface area contributed by atoms with E-state index in [9.17, 15) is 14.5 Å². The zero-order chi connectivity index (χ0) is 13.3. The fraction of sp³-hybridized carbons (Fsp3) is 0.0833. The molecule has 5 nitrogen and oxygen atoms in total. The summed E-state index contributed by atoms with van der Waals surface area (Å²) in [4.78, 5) is 14.3. The minimum Gasteiger partial charge on any atom is -0.384 e. The van der Waals surface area contributed by atoms with Crippen molar-refractivity contribution >= 4 is 11.5 Å². The van der Waals surface area contributed by atoms with Gasteiger partial charge in [-0.3, -0.25) is 10.1 Å². The smallest absolute Gasteiger partial charge is 0.295 e. The summed E-state index contributed by atoms with van der Waals surface area (Å²) in [6.45, 7) is 1.73. The van der Waals surface area contributed by atoms with Gasteiger partial charge in [-0.2, -0.15) is 0 Å². The Morgan fingerprint density at radius 1 is 1.33 bits per heavy atom. The highest BCUT2D eigenvalue weighted by Gasteiger charge is 2.19. The van der Waals surface area contributed by atoms with Gasteiger partial charge in [0.25, 0.3) is 5.69 Å². The van der Waals surface area contributed by atoms with Crippen molar-refractivity contribution in [2.24, 2.45) is 0 Å². The van der Waals surface area contributed by atoms with Gasteiger partial charge in [-0.15, -0.1) is 0 Å². The topological polar surface area (TPSA) is 82.0 Å². The molecule has 0 aliphatic heterocycles. The van der Waals surface area contributed by atoms with Crippen LogP contribution in [-0.4, -0.2) is 9.91 Å². The molecule has 0 fully saturated rings. The van der Waals surface area contributed by atoms with E-state index >= 15 is 0 Å². The van der Waals surface area contributed by atoms with Crippen LogP contribution in [-0.2, 0) is 0 Å². The lowest BCUT2D eigenvalue weighted by Crippen LogP contribution is -1.99. The minimum atomic E-state index is -0.563. The van der Waals surface area contributed by atoms with Crippen molar-refractivity contribution in [3.63, 3.8) is 0 Å². The molecule has 0 aliphatic carbocycles. The molecular weight excluding hydrogens is 237 g/mol. The molecule has 18 heavy (non-hydrogen) atoms. The molecule has 2 rings (SSSR count). The second kappa shape index (κ2) is 4.40. The molecule has 1 aromatic heterocycles. The first-order valence-electron chi connectivity index (χ1n) is 5.16. The van der Waals surface area contributed by atoms with E-state index in [4.69, 9.17) is 5.73 Å². The minimum absolute atomic E-state index is 0.0806. The van der Waals surface area contributed by atoms with Crippen LogP contribution in [0.3, 0.4) is 0 Å². The van der Waals surface area contributed by atoms with Gasteiger partial charge >= 0.3 is 0 Å². The molecule has 0 atom stereocenters. The predicted molar refractivity (Wildman–Crippen MR) is 65.4 cm³/mol. The Balaban J connectivity index is 2.73. The van der Waals surface area contributed by atoms with E-state index in [1.807, 2.05) is 0 Å². The van der Waals surface area contributed by atoms with Crippen molar-refractivity contribution in [2.75, 3.05) is 5.73 Å². The van der Waals surface area contributed by atoms with Gasteiger partial charge < -0.3 is 5.73 Å². The second-order valence-electron chi connectivity index (χ2n) is 3.82. The fourth-order valence-electron chi connectivity index (χ4n) is 1.66. The normalized spacial score (nSPS) is 10.3. The number of nitrogens with two attached hydrogens (primary N) is 1. The summed E-state index contributed by atoms with van der Waals surface area (Å²) < 4.78 is 13.2. The van der Waals surface area contributed by atoms with Crippen LogP contribution in [0.5, 0.6) is 0 Å². The molecule has 0 unspecified atom stereocenters. The van der Waals surface area contributed by atoms with Crippen molar-refractivity contribution in [3.8, 4) is 11.3 Å². The average molecular weight is 247 g/mol. The predicted octanol–water partition coefficient (Wildman–Crippen LogP) is 2.69. The van der Waals surface area contributed by atoms with Crippen molar-refractivity contribution in [1.82, 2.24) is 4.98 Å². The monoisotopic (exact) mass is 247 g/mol. The van der Waals surface area contributed by atoms with E-state index in [1.165, 1.54) is 24.3 Å². The Kier molecular flexibility index (Phi) is 2.93. The summed E-state index contributed by atoms with van der Waals surface area (Å²) in [6.07, 6.45) is 0. The van der Waals surface area contributed by atoms with Gasteiger partial charge in [-0.25, -0.2) is 9.37 Å². The Bertz CT molecular complexity index is 629. The lowest BCUT2D eigenvalue weighted by molar-refractivity contribution is -0.384. The molecule has 6 heteroatoms. The van der Waals surface area contributed by atoms with Gasteiger partial charge in [0, 0.05) is 11.6 Å². The zero-order valence-electron chi connectivity index (χ0n) is 9.55. The number of hydrogen-bond donors (Lipinski definition) is 1. The van der Waals surface area contributed by atoms with E-state index in [0.29, 0.717) is 11.1 Å². The lowest BCUT2D eigenvalue weighted by atomic mass is 10.0. The summed E-state index contributed by atoms with van der Waals surface area (Å²) in [5, 5.41) is 10.9. The fourth-order valence-corrected chi connectivity index (χ4v) is 1.66. The third kappa shape index (κ3) is 2.13. The van der Waals surface area contributed by atoms with Crippen LogP contribution in [0.2, 0.25) is 0 Å². The van der Waals surface area contributed by atoms with Crippen LogP contribution in [0.15, 0.2) is 30.3 Å². The van der Waals surface area contributed by atoms with E-state index in [0.717, 1.165) is 0 Å². The van der Waals surface area contributed by atoms with Crippen LogP contribution in [0.1, 0.15) is 5.56 Å². The van der Waals surface area contributed by atoms with E-state index in [-0.39, 0.29) is 17.2 Å². The molecule has 0 amide bonds. The Hall–Kier alpha value is -2.50. The summed E-state index contributed by atoms with van der Waals surface area (Å²) in [5.74, 6) is -0.326. The number of hydrogen-bond acceptors (Lipinski definition) is 4. The first-order valence-corrected chi connectivity index (χ1v) is 5.16. The number of halogens is 1. The number of nitrogens with zero attached hydrogens (tertiary/aromatic N) is 2. The molecule has 2 N–H and O–H groups in total. The molecule has 0 saturated heterocycles. The standard InChI is InChI=1S/C12H10FN3O2/c1-7-2-3-8(13)6-9(7)12-10(16(17)18)4-5-11(14)15-12/h2-6H,1H3,(H2,14,15). The summed E-state index contributed by atoms with van der Waals surface area (Å²) in [6, 6.07) is 6.65. The molecule has 2 aromatic rings. The zero-order valence-corrected chi connectivity index (χ0v) is 9.55. The molecule has 0 bridgehead atoms. The van der Waals surface area contributed by atoms with Crippen LogP contribution in [0.4, 0.5) is 15.9 Å². The molecule has 0 aliphatic rings. The van der Waals surface area contributed by atoms with Crippen LogP contribution in [0, 0.1) is 22.9 Å². The van der Waals surface area contributed by atoms with Crippen LogP contribution in [0.25, 0.3) is 11.3 Å². The Labute approximate surface area is 102 Å². The van der Waals surface area contributed by atoms with Crippen molar-refractivity contribution < 1.29 is 9.31 Å². The highest BCUT2D eigenvalue weighted by Crippen LogP contribution is 2.31. The third-order valence-electron chi connectivity index (χ3n) is 2.55. The van der Waals surface area contributed by atoms with E-state index < -0.39 is 10.7 Å². The molecule has 1 aromatic carbocycles. The molecule has 1 heterocycles. The molecule has 92 valence electrons. The van der Waals surface area contributed by atoms with Crippen molar-refractivity contribution in [2.45, 2.75) is 6.92 Å². The van der Waals surface area contributed by atoms with E-state index in [2.05, 4.69) is 4.98 Å². The highest BCUT2D eigenvalue weighted by molar-refractivity contribution is 5.73. The van der Waals surface area contributed by atoms with Crippen molar-refractivity contribution in [1.29, 1.82) is 0 Å². The first-order chi connectivity index (χ1) is 8.49. The van der Waals surface area contributed by atoms with Gasteiger partial charge in [0.2, 0.25) is 0 Å². The van der Waals surface area contributed by atoms with Gasteiger partial charge in [0.1, 0.15) is 11.6 Å². The first kappa shape index (κ1) is 12.0. The highest BCUT2D eigenvalue weighted by atomic mass is 19.1. The maximum atomic E-state index is 13.2. The Morgan fingerprint density at radius 2 is 2.06 bits per heavy atom. The average Bonchev–Trinajstić information content (AvgIpc) is 2.31. The maximum Gasteiger partial charge on any atom is 0.295 e. The number of nitro groups is 1. The van der Waals surface area contributed by atoms with Gasteiger partial charge in [0.05, 0.1) is 4.92 Å². The number of aryl methyl sites for hydroxylation is 1. The number of anilines is 1.